The maximum absolute atomic E-state index is 11.4. The Morgan fingerprint density at radius 3 is 2.88 bits per heavy atom. The van der Waals surface area contributed by atoms with Crippen molar-refractivity contribution >= 4 is 22.5 Å². The molecule has 0 saturated carbocycles. The number of nitrogens with two attached hydrogens (primary N) is 1. The van der Waals surface area contributed by atoms with Gasteiger partial charge in [-0.2, -0.15) is 0 Å². The van der Waals surface area contributed by atoms with Crippen LogP contribution < -0.4 is 21.1 Å². The van der Waals surface area contributed by atoms with Crippen LogP contribution in [0.1, 0.15) is 26.7 Å². The molecule has 24 heavy (non-hydrogen) atoms. The van der Waals surface area contributed by atoms with Gasteiger partial charge in [-0.05, 0) is 38.8 Å². The molecule has 0 saturated heterocycles. The van der Waals surface area contributed by atoms with Gasteiger partial charge in [0.05, 0.1) is 24.4 Å². The van der Waals surface area contributed by atoms with Gasteiger partial charge in [-0.15, -0.1) is 0 Å². The summed E-state index contributed by atoms with van der Waals surface area (Å²) >= 11 is 0. The Labute approximate surface area is 142 Å². The van der Waals surface area contributed by atoms with Crippen LogP contribution >= 0.6 is 0 Å². The minimum atomic E-state index is -0.463. The number of fused-ring (bicyclic) bond motifs is 1. The number of amides is 1. The number of benzene rings is 1. The summed E-state index contributed by atoms with van der Waals surface area (Å²) in [6.45, 7) is 4.42. The fourth-order valence-electron chi connectivity index (χ4n) is 2.51. The lowest BCUT2D eigenvalue weighted by Crippen LogP contribution is -2.38. The summed E-state index contributed by atoms with van der Waals surface area (Å²) in [7, 11) is 1.66. The van der Waals surface area contributed by atoms with Crippen LogP contribution in [-0.2, 0) is 4.79 Å². The zero-order valence-corrected chi connectivity index (χ0v) is 14.5. The Morgan fingerprint density at radius 2 is 2.17 bits per heavy atom. The second-order valence-electron chi connectivity index (χ2n) is 6.02. The highest BCUT2D eigenvalue weighted by molar-refractivity contribution is 5.91. The van der Waals surface area contributed by atoms with Gasteiger partial charge in [0, 0.05) is 30.2 Å². The molecule has 2 aromatic rings. The van der Waals surface area contributed by atoms with E-state index in [1.54, 1.807) is 20.2 Å². The monoisotopic (exact) mass is 330 g/mol. The van der Waals surface area contributed by atoms with Crippen LogP contribution in [0.15, 0.2) is 30.5 Å². The Hall–Kier alpha value is -2.34. The molecule has 2 rings (SSSR count). The van der Waals surface area contributed by atoms with E-state index >= 15 is 0 Å². The SMILES string of the molecule is COc1cc(NC(C)CCCNC(=O)[C@H](C)N)c2ncccc2c1. The average Bonchev–Trinajstić information content (AvgIpc) is 2.58. The summed E-state index contributed by atoms with van der Waals surface area (Å²) in [6.07, 6.45) is 3.58. The van der Waals surface area contributed by atoms with Crippen LogP contribution in [0.25, 0.3) is 10.9 Å². The predicted octanol–water partition coefficient (Wildman–Crippen LogP) is 2.29. The standard InChI is InChI=1S/C18H26N4O2/c1-12(6-4-9-21-18(23)13(2)19)22-16-11-15(24-3)10-14-7-5-8-20-17(14)16/h5,7-8,10-13,22H,4,6,9,19H2,1-3H3,(H,21,23)/t12?,13-/m0/s1. The van der Waals surface area contributed by atoms with Crippen molar-refractivity contribution in [2.75, 3.05) is 19.0 Å². The first kappa shape index (κ1) is 18.0. The summed E-state index contributed by atoms with van der Waals surface area (Å²) in [5.41, 5.74) is 7.40. The van der Waals surface area contributed by atoms with Gasteiger partial charge in [-0.25, -0.2) is 0 Å². The summed E-state index contributed by atoms with van der Waals surface area (Å²) in [6, 6.07) is 7.65. The highest BCUT2D eigenvalue weighted by Crippen LogP contribution is 2.28. The Balaban J connectivity index is 1.95. The van der Waals surface area contributed by atoms with E-state index in [1.165, 1.54) is 0 Å². The third kappa shape index (κ3) is 4.83. The molecule has 1 unspecified atom stereocenters. The molecule has 1 heterocycles. The first-order valence-electron chi connectivity index (χ1n) is 8.24. The molecular formula is C18H26N4O2. The summed E-state index contributed by atoms with van der Waals surface area (Å²) in [5, 5.41) is 7.35. The van der Waals surface area contributed by atoms with E-state index in [0.29, 0.717) is 6.54 Å². The molecule has 6 heteroatoms. The van der Waals surface area contributed by atoms with Crippen LogP contribution in [0.2, 0.25) is 0 Å². The van der Waals surface area contributed by atoms with Gasteiger partial charge in [0.1, 0.15) is 5.75 Å². The van der Waals surface area contributed by atoms with E-state index in [0.717, 1.165) is 35.2 Å². The molecule has 1 aromatic carbocycles. The number of carbonyl (C=O) groups excluding carboxylic acids is 1. The van der Waals surface area contributed by atoms with Gasteiger partial charge in [-0.3, -0.25) is 9.78 Å². The van der Waals surface area contributed by atoms with Crippen molar-refractivity contribution in [3.8, 4) is 5.75 Å². The third-order valence-corrected chi connectivity index (χ3v) is 3.84. The van der Waals surface area contributed by atoms with E-state index in [-0.39, 0.29) is 11.9 Å². The van der Waals surface area contributed by atoms with Crippen molar-refractivity contribution in [1.29, 1.82) is 0 Å². The van der Waals surface area contributed by atoms with Crippen molar-refractivity contribution in [1.82, 2.24) is 10.3 Å². The lowest BCUT2D eigenvalue weighted by molar-refractivity contribution is -0.121. The number of methoxy groups -OCH3 is 1. The van der Waals surface area contributed by atoms with Crippen LogP contribution in [0.4, 0.5) is 5.69 Å². The van der Waals surface area contributed by atoms with E-state index in [4.69, 9.17) is 10.5 Å². The van der Waals surface area contributed by atoms with E-state index < -0.39 is 6.04 Å². The number of anilines is 1. The van der Waals surface area contributed by atoms with Gasteiger partial charge in [0.15, 0.2) is 0 Å². The lowest BCUT2D eigenvalue weighted by atomic mass is 10.1. The molecule has 0 aliphatic heterocycles. The van der Waals surface area contributed by atoms with Crippen molar-refractivity contribution < 1.29 is 9.53 Å². The van der Waals surface area contributed by atoms with Gasteiger partial charge in [0.2, 0.25) is 5.91 Å². The summed E-state index contributed by atoms with van der Waals surface area (Å²) in [5.74, 6) is 0.688. The topological polar surface area (TPSA) is 89.3 Å². The van der Waals surface area contributed by atoms with Crippen LogP contribution in [0.5, 0.6) is 5.75 Å². The number of ether oxygens (including phenoxy) is 1. The molecule has 130 valence electrons. The first-order chi connectivity index (χ1) is 11.5. The summed E-state index contributed by atoms with van der Waals surface area (Å²) in [4.78, 5) is 15.9. The molecule has 0 spiro atoms. The van der Waals surface area contributed by atoms with Crippen molar-refractivity contribution in [2.24, 2.45) is 5.73 Å². The highest BCUT2D eigenvalue weighted by Gasteiger charge is 2.10. The number of hydrogen-bond acceptors (Lipinski definition) is 5. The number of pyridine rings is 1. The molecule has 1 aromatic heterocycles. The molecular weight excluding hydrogens is 304 g/mol. The maximum Gasteiger partial charge on any atom is 0.236 e. The van der Waals surface area contributed by atoms with Crippen molar-refractivity contribution in [3.05, 3.63) is 30.5 Å². The maximum atomic E-state index is 11.4. The average molecular weight is 330 g/mol. The second kappa shape index (κ2) is 8.49. The molecule has 0 bridgehead atoms. The molecule has 4 N–H and O–H groups in total. The second-order valence-corrected chi connectivity index (χ2v) is 6.02. The largest absolute Gasteiger partial charge is 0.497 e. The predicted molar refractivity (Wildman–Crippen MR) is 97.3 cm³/mol. The fraction of sp³-hybridized carbons (Fsp3) is 0.444. The van der Waals surface area contributed by atoms with Gasteiger partial charge >= 0.3 is 0 Å². The molecule has 1 amide bonds. The van der Waals surface area contributed by atoms with Gasteiger partial charge in [-0.1, -0.05) is 6.07 Å². The third-order valence-electron chi connectivity index (χ3n) is 3.84. The van der Waals surface area contributed by atoms with E-state index in [2.05, 4.69) is 22.5 Å². The molecule has 0 fully saturated rings. The zero-order valence-electron chi connectivity index (χ0n) is 14.5. The smallest absolute Gasteiger partial charge is 0.236 e. The van der Waals surface area contributed by atoms with Crippen molar-refractivity contribution in [3.63, 3.8) is 0 Å². The minimum Gasteiger partial charge on any atom is -0.497 e. The highest BCUT2D eigenvalue weighted by atomic mass is 16.5. The Kier molecular flexibility index (Phi) is 6.37. The molecule has 0 radical (unpaired) electrons. The van der Waals surface area contributed by atoms with Gasteiger partial charge in [0.25, 0.3) is 0 Å². The zero-order chi connectivity index (χ0) is 17.5. The van der Waals surface area contributed by atoms with E-state index in [1.807, 2.05) is 24.3 Å². The number of aromatic nitrogens is 1. The number of nitrogens with one attached hydrogen (secondary N) is 2. The number of carbonyl (C=O) groups is 1. The molecule has 0 aliphatic carbocycles. The quantitative estimate of drug-likeness (QED) is 0.646. The number of hydrogen-bond donors (Lipinski definition) is 3. The van der Waals surface area contributed by atoms with E-state index in [9.17, 15) is 4.79 Å². The summed E-state index contributed by atoms with van der Waals surface area (Å²) < 4.78 is 5.36. The lowest BCUT2D eigenvalue weighted by Gasteiger charge is -2.17. The van der Waals surface area contributed by atoms with Gasteiger partial charge < -0.3 is 21.1 Å². The Morgan fingerprint density at radius 1 is 1.38 bits per heavy atom. The Bertz CT molecular complexity index is 688. The van der Waals surface area contributed by atoms with Crippen molar-refractivity contribution in [2.45, 2.75) is 38.8 Å². The van der Waals surface area contributed by atoms with Crippen LogP contribution in [0.3, 0.4) is 0 Å². The minimum absolute atomic E-state index is 0.112. The van der Waals surface area contributed by atoms with Crippen LogP contribution in [0, 0.1) is 0 Å². The first-order valence-corrected chi connectivity index (χ1v) is 8.24. The molecule has 2 atom stereocenters. The van der Waals surface area contributed by atoms with Crippen LogP contribution in [-0.4, -0.2) is 36.6 Å². The normalized spacial score (nSPS) is 13.3. The fourth-order valence-corrected chi connectivity index (χ4v) is 2.51. The molecule has 6 nitrogen and oxygen atoms in total. The number of rotatable bonds is 8. The number of nitrogens with zero attached hydrogens (tertiary/aromatic N) is 1. The molecule has 0 aliphatic rings.